The number of hydrogen-bond acceptors (Lipinski definition) is 3. The van der Waals surface area contributed by atoms with Crippen LogP contribution in [0.4, 0.5) is 0 Å². The van der Waals surface area contributed by atoms with E-state index in [9.17, 15) is 9.59 Å². The van der Waals surface area contributed by atoms with Crippen LogP contribution in [0.15, 0.2) is 45.8 Å². The molecule has 0 bridgehead atoms. The van der Waals surface area contributed by atoms with Crippen LogP contribution in [0.25, 0.3) is 0 Å². The first kappa shape index (κ1) is 14.3. The van der Waals surface area contributed by atoms with E-state index in [4.69, 9.17) is 9.84 Å². The SMILES string of the molecule is COc1ccc(Br)cc1Cn1ccc(C(=O)O)cc1=O. The van der Waals surface area contributed by atoms with Crippen LogP contribution in [0.1, 0.15) is 15.9 Å². The molecule has 0 aliphatic rings. The van der Waals surface area contributed by atoms with E-state index in [0.29, 0.717) is 12.3 Å². The zero-order valence-corrected chi connectivity index (χ0v) is 12.3. The van der Waals surface area contributed by atoms with Crippen molar-refractivity contribution in [1.29, 1.82) is 0 Å². The van der Waals surface area contributed by atoms with E-state index in [1.54, 1.807) is 13.2 Å². The Labute approximate surface area is 123 Å². The van der Waals surface area contributed by atoms with Crippen LogP contribution >= 0.6 is 15.9 Å². The van der Waals surface area contributed by atoms with Gasteiger partial charge in [0, 0.05) is 22.3 Å². The van der Waals surface area contributed by atoms with Crippen LogP contribution < -0.4 is 10.3 Å². The summed E-state index contributed by atoms with van der Waals surface area (Å²) in [5.74, 6) is -0.448. The zero-order chi connectivity index (χ0) is 14.7. The summed E-state index contributed by atoms with van der Waals surface area (Å²) in [6, 6.07) is 8.01. The van der Waals surface area contributed by atoms with Crippen molar-refractivity contribution in [3.05, 3.63) is 62.5 Å². The smallest absolute Gasteiger partial charge is 0.335 e. The van der Waals surface area contributed by atoms with Crippen molar-refractivity contribution in [1.82, 2.24) is 4.57 Å². The molecule has 2 rings (SSSR count). The summed E-state index contributed by atoms with van der Waals surface area (Å²) in [4.78, 5) is 22.7. The molecule has 6 heteroatoms. The standard InChI is InChI=1S/C14H12BrNO4/c1-20-12-3-2-11(15)6-10(12)8-16-5-4-9(14(18)19)7-13(16)17/h2-7H,8H2,1H3,(H,18,19). The molecule has 1 N–H and O–H groups in total. The summed E-state index contributed by atoms with van der Waals surface area (Å²) in [6.07, 6.45) is 1.46. The molecule has 104 valence electrons. The fourth-order valence-electron chi connectivity index (χ4n) is 1.83. The van der Waals surface area contributed by atoms with E-state index in [1.807, 2.05) is 12.1 Å². The van der Waals surface area contributed by atoms with Gasteiger partial charge < -0.3 is 14.4 Å². The van der Waals surface area contributed by atoms with Gasteiger partial charge in [0.1, 0.15) is 5.75 Å². The zero-order valence-electron chi connectivity index (χ0n) is 10.7. The monoisotopic (exact) mass is 337 g/mol. The number of carboxylic acids is 1. The van der Waals surface area contributed by atoms with Crippen molar-refractivity contribution in [3.8, 4) is 5.75 Å². The second-order valence-corrected chi connectivity index (χ2v) is 5.06. The number of hydrogen-bond donors (Lipinski definition) is 1. The van der Waals surface area contributed by atoms with Gasteiger partial charge in [-0.2, -0.15) is 0 Å². The van der Waals surface area contributed by atoms with Gasteiger partial charge in [-0.05, 0) is 24.3 Å². The quantitative estimate of drug-likeness (QED) is 0.929. The summed E-state index contributed by atoms with van der Waals surface area (Å²) in [6.45, 7) is 0.307. The van der Waals surface area contributed by atoms with Crippen molar-refractivity contribution in [3.63, 3.8) is 0 Å². The Kier molecular flexibility index (Phi) is 4.24. The number of benzene rings is 1. The van der Waals surface area contributed by atoms with Gasteiger partial charge in [-0.25, -0.2) is 4.79 Å². The summed E-state index contributed by atoms with van der Waals surface area (Å²) >= 11 is 3.37. The molecule has 0 atom stereocenters. The molecule has 0 unspecified atom stereocenters. The molecule has 1 heterocycles. The third-order valence-electron chi connectivity index (χ3n) is 2.83. The van der Waals surface area contributed by atoms with Crippen molar-refractivity contribution < 1.29 is 14.6 Å². The highest BCUT2D eigenvalue weighted by Crippen LogP contribution is 2.23. The lowest BCUT2D eigenvalue weighted by molar-refractivity contribution is 0.0696. The summed E-state index contributed by atoms with van der Waals surface area (Å²) < 4.78 is 7.55. The van der Waals surface area contributed by atoms with Gasteiger partial charge in [0.05, 0.1) is 19.2 Å². The van der Waals surface area contributed by atoms with Gasteiger partial charge in [0.25, 0.3) is 5.56 Å². The fraction of sp³-hybridized carbons (Fsp3) is 0.143. The van der Waals surface area contributed by atoms with E-state index in [0.717, 1.165) is 16.1 Å². The maximum absolute atomic E-state index is 11.9. The minimum absolute atomic E-state index is 0.0209. The van der Waals surface area contributed by atoms with E-state index < -0.39 is 5.97 Å². The number of aromatic nitrogens is 1. The minimum atomic E-state index is -1.12. The van der Waals surface area contributed by atoms with Crippen LogP contribution in [-0.2, 0) is 6.54 Å². The number of carboxylic acid groups (broad SMARTS) is 1. The molecule has 0 saturated heterocycles. The second-order valence-electron chi connectivity index (χ2n) is 4.14. The maximum atomic E-state index is 11.9. The average molecular weight is 338 g/mol. The fourth-order valence-corrected chi connectivity index (χ4v) is 2.23. The third-order valence-corrected chi connectivity index (χ3v) is 3.32. The Morgan fingerprint density at radius 3 is 2.70 bits per heavy atom. The molecule has 1 aromatic heterocycles. The molecule has 1 aromatic carbocycles. The first-order chi connectivity index (χ1) is 9.51. The highest BCUT2D eigenvalue weighted by Gasteiger charge is 2.08. The molecule has 0 fully saturated rings. The average Bonchev–Trinajstić information content (AvgIpc) is 2.41. The maximum Gasteiger partial charge on any atom is 0.335 e. The minimum Gasteiger partial charge on any atom is -0.496 e. The Morgan fingerprint density at radius 2 is 2.10 bits per heavy atom. The van der Waals surface area contributed by atoms with Gasteiger partial charge in [0.2, 0.25) is 0 Å². The predicted molar refractivity (Wildman–Crippen MR) is 77.5 cm³/mol. The number of rotatable bonds is 4. The van der Waals surface area contributed by atoms with Crippen LogP contribution in [0.2, 0.25) is 0 Å². The molecule has 5 nitrogen and oxygen atoms in total. The lowest BCUT2D eigenvalue weighted by Crippen LogP contribution is -2.21. The highest BCUT2D eigenvalue weighted by molar-refractivity contribution is 9.10. The normalized spacial score (nSPS) is 10.3. The molecule has 0 aliphatic carbocycles. The van der Waals surface area contributed by atoms with E-state index in [1.165, 1.54) is 16.8 Å². The van der Waals surface area contributed by atoms with E-state index in [2.05, 4.69) is 15.9 Å². The number of aromatic carboxylic acids is 1. The number of carbonyl (C=O) groups is 1. The lowest BCUT2D eigenvalue weighted by Gasteiger charge is -2.11. The first-order valence-electron chi connectivity index (χ1n) is 5.77. The number of ether oxygens (including phenoxy) is 1. The molecule has 0 amide bonds. The van der Waals surface area contributed by atoms with E-state index >= 15 is 0 Å². The Morgan fingerprint density at radius 1 is 1.35 bits per heavy atom. The number of halogens is 1. The molecule has 0 aliphatic heterocycles. The number of methoxy groups -OCH3 is 1. The van der Waals surface area contributed by atoms with Crippen LogP contribution in [0.3, 0.4) is 0 Å². The Balaban J connectivity index is 2.38. The Bertz CT molecular complexity index is 709. The van der Waals surface area contributed by atoms with Crippen molar-refractivity contribution in [2.24, 2.45) is 0 Å². The second kappa shape index (κ2) is 5.92. The van der Waals surface area contributed by atoms with Crippen LogP contribution in [0, 0.1) is 0 Å². The van der Waals surface area contributed by atoms with Gasteiger partial charge in [0.15, 0.2) is 0 Å². The highest BCUT2D eigenvalue weighted by atomic mass is 79.9. The molecule has 2 aromatic rings. The largest absolute Gasteiger partial charge is 0.496 e. The molecule has 20 heavy (non-hydrogen) atoms. The number of nitrogens with zero attached hydrogens (tertiary/aromatic N) is 1. The Hall–Kier alpha value is -2.08. The first-order valence-corrected chi connectivity index (χ1v) is 6.57. The molecular weight excluding hydrogens is 326 g/mol. The van der Waals surface area contributed by atoms with Crippen LogP contribution in [0.5, 0.6) is 5.75 Å². The predicted octanol–water partition coefficient (Wildman–Crippen LogP) is 2.37. The molecule has 0 saturated carbocycles. The van der Waals surface area contributed by atoms with Gasteiger partial charge in [-0.1, -0.05) is 15.9 Å². The number of pyridine rings is 1. The van der Waals surface area contributed by atoms with Gasteiger partial charge >= 0.3 is 5.97 Å². The van der Waals surface area contributed by atoms with E-state index in [-0.39, 0.29) is 11.1 Å². The van der Waals surface area contributed by atoms with Crippen molar-refractivity contribution >= 4 is 21.9 Å². The third kappa shape index (κ3) is 3.08. The topological polar surface area (TPSA) is 68.5 Å². The van der Waals surface area contributed by atoms with Crippen molar-refractivity contribution in [2.45, 2.75) is 6.54 Å². The molecular formula is C14H12BrNO4. The summed E-state index contributed by atoms with van der Waals surface area (Å²) in [5.41, 5.74) is 0.437. The summed E-state index contributed by atoms with van der Waals surface area (Å²) in [7, 11) is 1.56. The molecule has 0 radical (unpaired) electrons. The van der Waals surface area contributed by atoms with Gasteiger partial charge in [-0.3, -0.25) is 4.79 Å². The van der Waals surface area contributed by atoms with Crippen LogP contribution in [-0.4, -0.2) is 22.8 Å². The van der Waals surface area contributed by atoms with Gasteiger partial charge in [-0.15, -0.1) is 0 Å². The lowest BCUT2D eigenvalue weighted by atomic mass is 10.2. The summed E-state index contributed by atoms with van der Waals surface area (Å²) in [5, 5.41) is 8.83. The molecule has 0 spiro atoms. The van der Waals surface area contributed by atoms with Crippen molar-refractivity contribution in [2.75, 3.05) is 7.11 Å².